The monoisotopic (exact) mass is 310 g/mol. The van der Waals surface area contributed by atoms with Crippen LogP contribution in [-0.2, 0) is 4.79 Å². The largest absolute Gasteiger partial charge is 0.481 e. The number of rotatable bonds is 5. The minimum absolute atomic E-state index is 0.0602. The van der Waals surface area contributed by atoms with Crippen LogP contribution in [0.4, 0.5) is 4.79 Å². The zero-order chi connectivity index (χ0) is 16.1. The van der Waals surface area contributed by atoms with Crippen LogP contribution in [0.2, 0.25) is 0 Å². The molecule has 1 aliphatic carbocycles. The topological polar surface area (TPSA) is 69.6 Å². The normalized spacial score (nSPS) is 28.9. The van der Waals surface area contributed by atoms with Gasteiger partial charge in [-0.3, -0.25) is 4.79 Å². The van der Waals surface area contributed by atoms with Crippen molar-refractivity contribution in [1.82, 2.24) is 10.2 Å². The molecule has 0 bridgehead atoms. The quantitative estimate of drug-likeness (QED) is 0.819. The highest BCUT2D eigenvalue weighted by Crippen LogP contribution is 2.26. The molecule has 2 amide bonds. The van der Waals surface area contributed by atoms with Crippen LogP contribution in [-0.4, -0.2) is 40.6 Å². The fraction of sp³-hybridized carbons (Fsp3) is 0.882. The Kier molecular flexibility index (Phi) is 6.09. The summed E-state index contributed by atoms with van der Waals surface area (Å²) in [6.45, 7) is 5.31. The maximum absolute atomic E-state index is 12.5. The van der Waals surface area contributed by atoms with Gasteiger partial charge < -0.3 is 15.3 Å². The lowest BCUT2D eigenvalue weighted by Crippen LogP contribution is -2.48. The zero-order valence-corrected chi connectivity index (χ0v) is 13.9. The number of likely N-dealkylation sites (tertiary alicyclic amines) is 1. The van der Waals surface area contributed by atoms with E-state index in [1.54, 1.807) is 0 Å². The molecule has 0 aromatic rings. The highest BCUT2D eigenvalue weighted by molar-refractivity contribution is 5.75. The first-order chi connectivity index (χ1) is 10.5. The van der Waals surface area contributed by atoms with Gasteiger partial charge in [0.15, 0.2) is 0 Å². The van der Waals surface area contributed by atoms with E-state index < -0.39 is 5.97 Å². The number of hydrogen-bond acceptors (Lipinski definition) is 2. The van der Waals surface area contributed by atoms with Crippen molar-refractivity contribution < 1.29 is 14.7 Å². The highest BCUT2D eigenvalue weighted by atomic mass is 16.4. The van der Waals surface area contributed by atoms with E-state index in [2.05, 4.69) is 19.2 Å². The predicted molar refractivity (Wildman–Crippen MR) is 85.7 cm³/mol. The first-order valence-corrected chi connectivity index (χ1v) is 8.77. The van der Waals surface area contributed by atoms with Crippen molar-refractivity contribution >= 4 is 12.0 Å². The summed E-state index contributed by atoms with van der Waals surface area (Å²) >= 11 is 0. The first-order valence-electron chi connectivity index (χ1n) is 8.77. The van der Waals surface area contributed by atoms with Crippen molar-refractivity contribution in [3.63, 3.8) is 0 Å². The van der Waals surface area contributed by atoms with Gasteiger partial charge in [0.25, 0.3) is 0 Å². The lowest BCUT2D eigenvalue weighted by molar-refractivity contribution is -0.142. The van der Waals surface area contributed by atoms with Gasteiger partial charge in [-0.25, -0.2) is 4.79 Å². The number of aliphatic carboxylic acids is 1. The van der Waals surface area contributed by atoms with Crippen LogP contribution in [0.5, 0.6) is 0 Å². The molecule has 2 fully saturated rings. The molecule has 126 valence electrons. The molecule has 2 rings (SSSR count). The van der Waals surface area contributed by atoms with Gasteiger partial charge in [0.1, 0.15) is 0 Å². The molecule has 2 aliphatic rings. The molecule has 5 heteroatoms. The molecule has 0 spiro atoms. The Morgan fingerprint density at radius 3 is 2.45 bits per heavy atom. The minimum atomic E-state index is -0.696. The van der Waals surface area contributed by atoms with Gasteiger partial charge in [-0.15, -0.1) is 0 Å². The second kappa shape index (κ2) is 7.84. The van der Waals surface area contributed by atoms with Crippen molar-refractivity contribution in [2.45, 2.75) is 77.3 Å². The number of carbonyl (C=O) groups excluding carboxylic acids is 1. The van der Waals surface area contributed by atoms with Gasteiger partial charge in [-0.1, -0.05) is 13.8 Å². The molecule has 5 nitrogen and oxygen atoms in total. The maximum atomic E-state index is 12.5. The van der Waals surface area contributed by atoms with Crippen molar-refractivity contribution in [2.24, 2.45) is 11.8 Å². The summed E-state index contributed by atoms with van der Waals surface area (Å²) in [6, 6.07) is 0.595. The second-order valence-corrected chi connectivity index (χ2v) is 7.30. The zero-order valence-electron chi connectivity index (χ0n) is 13.9. The lowest BCUT2D eigenvalue weighted by Gasteiger charge is -2.31. The molecule has 1 atom stereocenters. The third-order valence-corrected chi connectivity index (χ3v) is 5.12. The van der Waals surface area contributed by atoms with Crippen molar-refractivity contribution in [3.05, 3.63) is 0 Å². The molecule has 1 saturated heterocycles. The van der Waals surface area contributed by atoms with E-state index in [0.29, 0.717) is 24.8 Å². The second-order valence-electron chi connectivity index (χ2n) is 7.30. The van der Waals surface area contributed by atoms with Crippen LogP contribution in [0.25, 0.3) is 0 Å². The van der Waals surface area contributed by atoms with E-state index >= 15 is 0 Å². The Balaban J connectivity index is 1.78. The van der Waals surface area contributed by atoms with Gasteiger partial charge >= 0.3 is 12.0 Å². The summed E-state index contributed by atoms with van der Waals surface area (Å²) in [7, 11) is 0. The molecule has 1 heterocycles. The van der Waals surface area contributed by atoms with Crippen LogP contribution < -0.4 is 5.32 Å². The van der Waals surface area contributed by atoms with Crippen molar-refractivity contribution in [2.75, 3.05) is 6.54 Å². The minimum Gasteiger partial charge on any atom is -0.481 e. The molecule has 1 saturated carbocycles. The van der Waals surface area contributed by atoms with Crippen LogP contribution in [0.15, 0.2) is 0 Å². The van der Waals surface area contributed by atoms with E-state index in [0.717, 1.165) is 45.1 Å². The molecular weight excluding hydrogens is 280 g/mol. The van der Waals surface area contributed by atoms with E-state index in [-0.39, 0.29) is 18.0 Å². The van der Waals surface area contributed by atoms with Gasteiger partial charge in [-0.2, -0.15) is 0 Å². The van der Waals surface area contributed by atoms with Crippen molar-refractivity contribution in [1.29, 1.82) is 0 Å². The third kappa shape index (κ3) is 4.62. The molecule has 22 heavy (non-hydrogen) atoms. The van der Waals surface area contributed by atoms with Gasteiger partial charge in [0.2, 0.25) is 0 Å². The predicted octanol–water partition coefficient (Wildman–Crippen LogP) is 3.24. The molecule has 0 aromatic heterocycles. The summed E-state index contributed by atoms with van der Waals surface area (Å²) in [6.07, 6.45) is 7.40. The first kappa shape index (κ1) is 17.1. The Hall–Kier alpha value is -1.26. The molecular formula is C17H30N2O3. The number of urea groups is 1. The van der Waals surface area contributed by atoms with Gasteiger partial charge in [0, 0.05) is 18.6 Å². The highest BCUT2D eigenvalue weighted by Gasteiger charge is 2.31. The molecule has 1 unspecified atom stereocenters. The Morgan fingerprint density at radius 2 is 1.86 bits per heavy atom. The Bertz CT molecular complexity index is 389. The summed E-state index contributed by atoms with van der Waals surface area (Å²) in [4.78, 5) is 25.5. The number of carbonyl (C=O) groups is 2. The number of carboxylic acid groups (broad SMARTS) is 1. The maximum Gasteiger partial charge on any atom is 0.317 e. The molecule has 1 aliphatic heterocycles. The SMILES string of the molecule is CC(C)CCC1CCCN1C(=O)NC1CCC(C(=O)O)CC1. The Morgan fingerprint density at radius 1 is 1.18 bits per heavy atom. The average Bonchev–Trinajstić information content (AvgIpc) is 2.94. The third-order valence-electron chi connectivity index (χ3n) is 5.12. The fourth-order valence-corrected chi connectivity index (χ4v) is 3.67. The van der Waals surface area contributed by atoms with E-state index in [1.807, 2.05) is 4.90 Å². The smallest absolute Gasteiger partial charge is 0.317 e. The summed E-state index contributed by atoms with van der Waals surface area (Å²) in [5.41, 5.74) is 0. The molecule has 0 radical (unpaired) electrons. The van der Waals surface area contributed by atoms with Gasteiger partial charge in [-0.05, 0) is 57.3 Å². The van der Waals surface area contributed by atoms with E-state index in [1.165, 1.54) is 0 Å². The number of nitrogens with zero attached hydrogens (tertiary/aromatic N) is 1. The number of amides is 2. The number of hydrogen-bond donors (Lipinski definition) is 2. The number of carboxylic acids is 1. The van der Waals surface area contributed by atoms with Crippen molar-refractivity contribution in [3.8, 4) is 0 Å². The summed E-state index contributed by atoms with van der Waals surface area (Å²) in [5, 5.41) is 12.2. The molecule has 0 aromatic carbocycles. The fourth-order valence-electron chi connectivity index (χ4n) is 3.67. The standard InChI is InChI=1S/C17H30N2O3/c1-12(2)5-10-15-4-3-11-19(15)17(22)18-14-8-6-13(7-9-14)16(20)21/h12-15H,3-11H2,1-2H3,(H,18,22)(H,20,21). The number of nitrogens with one attached hydrogen (secondary N) is 1. The lowest BCUT2D eigenvalue weighted by atomic mass is 9.86. The van der Waals surface area contributed by atoms with Crippen LogP contribution >= 0.6 is 0 Å². The average molecular weight is 310 g/mol. The van der Waals surface area contributed by atoms with E-state index in [9.17, 15) is 9.59 Å². The van der Waals surface area contributed by atoms with E-state index in [4.69, 9.17) is 5.11 Å². The van der Waals surface area contributed by atoms with Crippen LogP contribution in [0.3, 0.4) is 0 Å². The molecule has 2 N–H and O–H groups in total. The van der Waals surface area contributed by atoms with Crippen LogP contribution in [0.1, 0.15) is 65.2 Å². The van der Waals surface area contributed by atoms with Gasteiger partial charge in [0.05, 0.1) is 5.92 Å². The Labute approximate surface area is 133 Å². The summed E-state index contributed by atoms with van der Waals surface area (Å²) < 4.78 is 0. The summed E-state index contributed by atoms with van der Waals surface area (Å²) in [5.74, 6) is -0.242. The van der Waals surface area contributed by atoms with Crippen LogP contribution in [0, 0.1) is 11.8 Å².